The van der Waals surface area contributed by atoms with Crippen LogP contribution in [0.15, 0.2) is 34.4 Å². The molecule has 0 atom stereocenters. The SMILES string of the molecule is CC(C)n1c(-c2cccs2)ccc(C(C)(C)N)c1=O. The van der Waals surface area contributed by atoms with E-state index in [2.05, 4.69) is 0 Å². The van der Waals surface area contributed by atoms with Crippen LogP contribution >= 0.6 is 11.3 Å². The number of hydrogen-bond acceptors (Lipinski definition) is 3. The lowest BCUT2D eigenvalue weighted by Crippen LogP contribution is -2.38. The summed E-state index contributed by atoms with van der Waals surface area (Å²) in [5, 5.41) is 2.02. The Bertz CT molecular complexity index is 619. The van der Waals surface area contributed by atoms with Gasteiger partial charge in [0.1, 0.15) is 0 Å². The van der Waals surface area contributed by atoms with Crippen molar-refractivity contribution >= 4 is 11.3 Å². The average Bonchev–Trinajstić information content (AvgIpc) is 2.79. The van der Waals surface area contributed by atoms with Crippen molar-refractivity contribution in [1.82, 2.24) is 4.57 Å². The second-order valence-electron chi connectivity index (χ2n) is 5.60. The molecule has 0 spiro atoms. The first-order valence-corrected chi connectivity index (χ1v) is 7.29. The third-order valence-electron chi connectivity index (χ3n) is 3.10. The molecule has 0 saturated carbocycles. The van der Waals surface area contributed by atoms with Crippen LogP contribution in [-0.4, -0.2) is 4.57 Å². The third-order valence-corrected chi connectivity index (χ3v) is 3.99. The maximum atomic E-state index is 12.7. The number of rotatable bonds is 3. The maximum absolute atomic E-state index is 12.7. The number of nitrogens with two attached hydrogens (primary N) is 1. The molecule has 0 aromatic carbocycles. The van der Waals surface area contributed by atoms with E-state index in [1.165, 1.54) is 0 Å². The van der Waals surface area contributed by atoms with Crippen molar-refractivity contribution in [2.75, 3.05) is 0 Å². The lowest BCUT2D eigenvalue weighted by Gasteiger charge is -2.23. The number of pyridine rings is 1. The van der Waals surface area contributed by atoms with E-state index in [1.54, 1.807) is 11.3 Å². The zero-order valence-corrected chi connectivity index (χ0v) is 12.6. The molecule has 2 aromatic rings. The number of aromatic nitrogens is 1. The molecule has 0 amide bonds. The molecule has 2 rings (SSSR count). The van der Waals surface area contributed by atoms with Crippen LogP contribution in [0, 0.1) is 0 Å². The highest BCUT2D eigenvalue weighted by Gasteiger charge is 2.22. The van der Waals surface area contributed by atoms with Gasteiger partial charge in [-0.05, 0) is 51.3 Å². The molecule has 3 nitrogen and oxygen atoms in total. The summed E-state index contributed by atoms with van der Waals surface area (Å²) in [5.74, 6) is 0. The summed E-state index contributed by atoms with van der Waals surface area (Å²) in [5.41, 5.74) is 7.08. The molecule has 0 aliphatic rings. The Labute approximate surface area is 117 Å². The van der Waals surface area contributed by atoms with Crippen molar-refractivity contribution in [2.24, 2.45) is 5.73 Å². The molecular formula is C15H20N2OS. The van der Waals surface area contributed by atoms with Gasteiger partial charge in [-0.1, -0.05) is 6.07 Å². The molecule has 0 fully saturated rings. The molecule has 0 bridgehead atoms. The summed E-state index contributed by atoms with van der Waals surface area (Å²) < 4.78 is 1.83. The molecule has 2 heterocycles. The van der Waals surface area contributed by atoms with Crippen LogP contribution in [0.5, 0.6) is 0 Å². The number of hydrogen-bond donors (Lipinski definition) is 1. The summed E-state index contributed by atoms with van der Waals surface area (Å²) in [4.78, 5) is 13.8. The Morgan fingerprint density at radius 1 is 1.26 bits per heavy atom. The van der Waals surface area contributed by atoms with Crippen LogP contribution in [0.25, 0.3) is 10.6 Å². The van der Waals surface area contributed by atoms with Crippen LogP contribution in [0.1, 0.15) is 39.3 Å². The monoisotopic (exact) mass is 276 g/mol. The second-order valence-corrected chi connectivity index (χ2v) is 6.55. The Morgan fingerprint density at radius 2 is 1.95 bits per heavy atom. The van der Waals surface area contributed by atoms with Crippen LogP contribution < -0.4 is 11.3 Å². The quantitative estimate of drug-likeness (QED) is 0.934. The van der Waals surface area contributed by atoms with Gasteiger partial charge in [0.25, 0.3) is 5.56 Å². The Kier molecular flexibility index (Phi) is 3.65. The minimum atomic E-state index is -0.623. The minimum Gasteiger partial charge on any atom is -0.322 e. The van der Waals surface area contributed by atoms with E-state index in [0.717, 1.165) is 10.6 Å². The minimum absolute atomic E-state index is 0.00778. The molecule has 102 valence electrons. The average molecular weight is 276 g/mol. The highest BCUT2D eigenvalue weighted by molar-refractivity contribution is 7.13. The van der Waals surface area contributed by atoms with Crippen LogP contribution in [0.3, 0.4) is 0 Å². The summed E-state index contributed by atoms with van der Waals surface area (Å²) in [7, 11) is 0. The molecule has 4 heteroatoms. The van der Waals surface area contributed by atoms with E-state index in [4.69, 9.17) is 5.73 Å². The highest BCUT2D eigenvalue weighted by atomic mass is 32.1. The van der Waals surface area contributed by atoms with Crippen LogP contribution in [0.4, 0.5) is 0 Å². The highest BCUT2D eigenvalue weighted by Crippen LogP contribution is 2.27. The fourth-order valence-electron chi connectivity index (χ4n) is 2.18. The van der Waals surface area contributed by atoms with E-state index in [9.17, 15) is 4.79 Å². The van der Waals surface area contributed by atoms with Crippen molar-refractivity contribution in [1.29, 1.82) is 0 Å². The van der Waals surface area contributed by atoms with Gasteiger partial charge in [0.2, 0.25) is 0 Å². The fourth-order valence-corrected chi connectivity index (χ4v) is 2.93. The van der Waals surface area contributed by atoms with Gasteiger partial charge < -0.3 is 10.3 Å². The first-order valence-electron chi connectivity index (χ1n) is 6.41. The third kappa shape index (κ3) is 2.65. The van der Waals surface area contributed by atoms with Gasteiger partial charge in [-0.3, -0.25) is 4.79 Å². The molecule has 0 aliphatic carbocycles. The van der Waals surface area contributed by atoms with Crippen molar-refractivity contribution in [2.45, 2.75) is 39.3 Å². The Balaban J connectivity index is 2.73. The first-order chi connectivity index (χ1) is 8.82. The van der Waals surface area contributed by atoms with Gasteiger partial charge in [-0.25, -0.2) is 0 Å². The fraction of sp³-hybridized carbons (Fsp3) is 0.400. The molecule has 0 aliphatic heterocycles. The zero-order chi connectivity index (χ0) is 14.2. The Morgan fingerprint density at radius 3 is 2.42 bits per heavy atom. The predicted molar refractivity (Wildman–Crippen MR) is 81.6 cm³/mol. The summed E-state index contributed by atoms with van der Waals surface area (Å²) in [6.45, 7) is 7.76. The maximum Gasteiger partial charge on any atom is 0.256 e. The van der Waals surface area contributed by atoms with Crippen molar-refractivity contribution in [3.8, 4) is 10.6 Å². The summed E-state index contributed by atoms with van der Waals surface area (Å²) >= 11 is 1.64. The smallest absolute Gasteiger partial charge is 0.256 e. The normalized spacial score (nSPS) is 12.1. The molecule has 0 radical (unpaired) electrons. The molecule has 0 saturated heterocycles. The van der Waals surface area contributed by atoms with E-state index in [-0.39, 0.29) is 11.6 Å². The number of thiophene rings is 1. The molecule has 2 N–H and O–H groups in total. The van der Waals surface area contributed by atoms with E-state index < -0.39 is 5.54 Å². The van der Waals surface area contributed by atoms with Gasteiger partial charge in [-0.2, -0.15) is 0 Å². The lowest BCUT2D eigenvalue weighted by molar-refractivity contribution is 0.517. The van der Waals surface area contributed by atoms with E-state index in [0.29, 0.717) is 5.56 Å². The number of nitrogens with zero attached hydrogens (tertiary/aromatic N) is 1. The van der Waals surface area contributed by atoms with Crippen molar-refractivity contribution in [3.63, 3.8) is 0 Å². The van der Waals surface area contributed by atoms with Crippen LogP contribution in [-0.2, 0) is 5.54 Å². The summed E-state index contributed by atoms with van der Waals surface area (Å²) in [6, 6.07) is 7.99. The topological polar surface area (TPSA) is 48.0 Å². The predicted octanol–water partition coefficient (Wildman–Crippen LogP) is 3.35. The summed E-state index contributed by atoms with van der Waals surface area (Å²) in [6.07, 6.45) is 0. The second kappa shape index (κ2) is 4.94. The van der Waals surface area contributed by atoms with Gasteiger partial charge in [-0.15, -0.1) is 11.3 Å². The molecule has 19 heavy (non-hydrogen) atoms. The van der Waals surface area contributed by atoms with Crippen molar-refractivity contribution in [3.05, 3.63) is 45.6 Å². The van der Waals surface area contributed by atoms with E-state index >= 15 is 0 Å². The van der Waals surface area contributed by atoms with Gasteiger partial charge in [0.05, 0.1) is 10.6 Å². The molecular weight excluding hydrogens is 256 g/mol. The molecule has 2 aromatic heterocycles. The van der Waals surface area contributed by atoms with Crippen molar-refractivity contribution < 1.29 is 0 Å². The standard InChI is InChI=1S/C15H20N2OS/c1-10(2)17-12(13-6-5-9-19-13)8-7-11(14(17)18)15(3,4)16/h5-10H,16H2,1-4H3. The van der Waals surface area contributed by atoms with Gasteiger partial charge in [0, 0.05) is 17.1 Å². The van der Waals surface area contributed by atoms with E-state index in [1.807, 2.05) is 61.9 Å². The van der Waals surface area contributed by atoms with Gasteiger partial charge in [0.15, 0.2) is 0 Å². The Hall–Kier alpha value is -1.39. The largest absolute Gasteiger partial charge is 0.322 e. The van der Waals surface area contributed by atoms with Crippen LogP contribution in [0.2, 0.25) is 0 Å². The zero-order valence-electron chi connectivity index (χ0n) is 11.8. The lowest BCUT2D eigenvalue weighted by atomic mass is 9.96. The van der Waals surface area contributed by atoms with Gasteiger partial charge >= 0.3 is 0 Å². The molecule has 0 unspecified atom stereocenters. The first kappa shape index (κ1) is 14.0.